The Kier molecular flexibility index (Phi) is 4.01. The molecule has 0 aliphatic heterocycles. The summed E-state index contributed by atoms with van der Waals surface area (Å²) in [5, 5.41) is 9.84. The monoisotopic (exact) mass is 279 g/mol. The predicted octanol–water partition coefficient (Wildman–Crippen LogP) is 2.90. The Morgan fingerprint density at radius 2 is 2.26 bits per heavy atom. The third-order valence-corrected chi connectivity index (χ3v) is 2.73. The molecule has 0 aliphatic carbocycles. The van der Waals surface area contributed by atoms with Crippen molar-refractivity contribution >= 4 is 29.1 Å². The van der Waals surface area contributed by atoms with Gasteiger partial charge < -0.3 is 5.32 Å². The molecule has 0 aromatic carbocycles. The van der Waals surface area contributed by atoms with Crippen molar-refractivity contribution < 1.29 is 4.79 Å². The largest absolute Gasteiger partial charge is 0.324 e. The number of halogens is 1. The van der Waals surface area contributed by atoms with E-state index in [-0.39, 0.29) is 6.03 Å². The molecule has 0 saturated heterocycles. The number of carbonyl (C=O) groups is 1. The predicted molar refractivity (Wildman–Crippen MR) is 74.5 cm³/mol. The summed E-state index contributed by atoms with van der Waals surface area (Å²) in [4.78, 5) is 15.7. The quantitative estimate of drug-likeness (QED) is 0.849. The lowest BCUT2D eigenvalue weighted by atomic mass is 10.2. The number of nitrogens with one attached hydrogen (secondary N) is 2. The molecule has 0 aliphatic rings. The molecule has 2 N–H and O–H groups in total. The smallest absolute Gasteiger partial charge is 0.307 e. The fourth-order valence-electron chi connectivity index (χ4n) is 1.51. The first-order chi connectivity index (χ1) is 9.08. The first-order valence-electron chi connectivity index (χ1n) is 5.82. The maximum atomic E-state index is 11.8. The van der Waals surface area contributed by atoms with Gasteiger partial charge in [0.2, 0.25) is 0 Å². The molecule has 0 atom stereocenters. The van der Waals surface area contributed by atoms with E-state index >= 15 is 0 Å². The Morgan fingerprint density at radius 3 is 2.95 bits per heavy atom. The second-order valence-electron chi connectivity index (χ2n) is 3.96. The van der Waals surface area contributed by atoms with E-state index in [0.717, 1.165) is 12.1 Å². The van der Waals surface area contributed by atoms with Gasteiger partial charge in [-0.2, -0.15) is 5.10 Å². The van der Waals surface area contributed by atoms with E-state index in [0.29, 0.717) is 16.7 Å². The summed E-state index contributed by atoms with van der Waals surface area (Å²) < 4.78 is 1.73. The molecule has 100 valence electrons. The zero-order valence-corrected chi connectivity index (χ0v) is 11.4. The Morgan fingerprint density at radius 1 is 1.47 bits per heavy atom. The van der Waals surface area contributed by atoms with Crippen molar-refractivity contribution in [2.75, 3.05) is 10.6 Å². The maximum absolute atomic E-state index is 11.8. The summed E-state index contributed by atoms with van der Waals surface area (Å²) in [6, 6.07) is 2.96. The highest BCUT2D eigenvalue weighted by molar-refractivity contribution is 6.29. The van der Waals surface area contributed by atoms with Crippen LogP contribution in [0.15, 0.2) is 24.5 Å². The van der Waals surface area contributed by atoms with Crippen molar-refractivity contribution in [1.82, 2.24) is 14.8 Å². The second kappa shape index (κ2) is 5.71. The summed E-state index contributed by atoms with van der Waals surface area (Å²) in [5.41, 5.74) is 1.45. The minimum Gasteiger partial charge on any atom is -0.307 e. The van der Waals surface area contributed by atoms with Crippen molar-refractivity contribution in [3.05, 3.63) is 35.2 Å². The number of nitrogens with zero attached hydrogens (tertiary/aromatic N) is 3. The number of hydrogen-bond donors (Lipinski definition) is 2. The Hall–Kier alpha value is -2.08. The molecule has 2 aromatic heterocycles. The summed E-state index contributed by atoms with van der Waals surface area (Å²) >= 11 is 5.78. The van der Waals surface area contributed by atoms with Crippen LogP contribution in [0.4, 0.5) is 16.3 Å². The van der Waals surface area contributed by atoms with Gasteiger partial charge in [0, 0.05) is 30.7 Å². The molecule has 6 nitrogen and oxygen atoms in total. The van der Waals surface area contributed by atoms with Crippen molar-refractivity contribution in [2.45, 2.75) is 20.4 Å². The molecule has 0 radical (unpaired) electrons. The minimum atomic E-state index is -0.369. The number of urea groups is 1. The van der Waals surface area contributed by atoms with Crippen molar-refractivity contribution in [2.24, 2.45) is 0 Å². The van der Waals surface area contributed by atoms with E-state index in [2.05, 4.69) is 20.7 Å². The van der Waals surface area contributed by atoms with Crippen LogP contribution < -0.4 is 10.6 Å². The van der Waals surface area contributed by atoms with Crippen LogP contribution in [0.3, 0.4) is 0 Å². The van der Waals surface area contributed by atoms with E-state index in [1.165, 1.54) is 0 Å². The minimum absolute atomic E-state index is 0.330. The molecular formula is C12H14ClN5O. The van der Waals surface area contributed by atoms with Gasteiger partial charge in [-0.3, -0.25) is 10.00 Å². The summed E-state index contributed by atoms with van der Waals surface area (Å²) in [7, 11) is 0. The Balaban J connectivity index is 2.03. The van der Waals surface area contributed by atoms with E-state index in [9.17, 15) is 4.79 Å². The fourth-order valence-corrected chi connectivity index (χ4v) is 1.67. The van der Waals surface area contributed by atoms with Gasteiger partial charge in [-0.15, -0.1) is 0 Å². The van der Waals surface area contributed by atoms with Gasteiger partial charge in [0.05, 0.1) is 0 Å². The number of aryl methyl sites for hydroxylation is 2. The number of carbonyl (C=O) groups excluding carboxylic acids is 1. The molecule has 0 unspecified atom stereocenters. The molecule has 0 spiro atoms. The Labute approximate surface area is 115 Å². The highest BCUT2D eigenvalue weighted by atomic mass is 35.5. The van der Waals surface area contributed by atoms with Crippen LogP contribution in [-0.4, -0.2) is 20.8 Å². The van der Waals surface area contributed by atoms with Crippen LogP contribution in [0, 0.1) is 6.92 Å². The third kappa shape index (κ3) is 3.45. The molecule has 0 bridgehead atoms. The standard InChI is InChI=1S/C12H14ClN5O/c1-3-18-5-4-11(17-18)16-12(19)15-9-6-10(13)14-7-8(9)2/h4-7H,3H2,1-2H3,(H2,14,15,16,17,19). The number of rotatable bonds is 3. The lowest BCUT2D eigenvalue weighted by molar-refractivity contribution is 0.262. The van der Waals surface area contributed by atoms with Crippen molar-refractivity contribution in [3.8, 4) is 0 Å². The molecule has 2 heterocycles. The third-order valence-electron chi connectivity index (χ3n) is 2.52. The van der Waals surface area contributed by atoms with Crippen LogP contribution in [0.5, 0.6) is 0 Å². The normalized spacial score (nSPS) is 10.3. The lowest BCUT2D eigenvalue weighted by Crippen LogP contribution is -2.20. The molecule has 0 fully saturated rings. The summed E-state index contributed by atoms with van der Waals surface area (Å²) in [5.74, 6) is 0.497. The topological polar surface area (TPSA) is 71.8 Å². The first kappa shape index (κ1) is 13.4. The van der Waals surface area contributed by atoms with Crippen molar-refractivity contribution in [1.29, 1.82) is 0 Å². The average molecular weight is 280 g/mol. The van der Waals surface area contributed by atoms with Gasteiger partial charge in [0.1, 0.15) is 5.15 Å². The van der Waals surface area contributed by atoms with Gasteiger partial charge in [-0.1, -0.05) is 11.6 Å². The molecular weight excluding hydrogens is 266 g/mol. The summed E-state index contributed by atoms with van der Waals surface area (Å²) in [6.07, 6.45) is 3.40. The SMILES string of the molecule is CCn1ccc(NC(=O)Nc2cc(Cl)ncc2C)n1. The van der Waals surface area contributed by atoms with E-state index in [1.807, 2.05) is 13.8 Å². The molecule has 19 heavy (non-hydrogen) atoms. The number of hydrogen-bond acceptors (Lipinski definition) is 3. The molecule has 2 rings (SSSR count). The van der Waals surface area contributed by atoms with Gasteiger partial charge in [-0.05, 0) is 25.5 Å². The fraction of sp³-hybridized carbons (Fsp3) is 0.250. The van der Waals surface area contributed by atoms with Gasteiger partial charge in [-0.25, -0.2) is 9.78 Å². The van der Waals surface area contributed by atoms with Crippen LogP contribution >= 0.6 is 11.6 Å². The highest BCUT2D eigenvalue weighted by Gasteiger charge is 2.07. The van der Waals surface area contributed by atoms with Crippen molar-refractivity contribution in [3.63, 3.8) is 0 Å². The van der Waals surface area contributed by atoms with Crippen LogP contribution in [-0.2, 0) is 6.54 Å². The van der Waals surface area contributed by atoms with Crippen LogP contribution in [0.2, 0.25) is 5.15 Å². The van der Waals surface area contributed by atoms with Crippen LogP contribution in [0.1, 0.15) is 12.5 Å². The van der Waals surface area contributed by atoms with Gasteiger partial charge in [0.15, 0.2) is 5.82 Å². The Bertz CT molecular complexity index is 596. The van der Waals surface area contributed by atoms with E-state index < -0.39 is 0 Å². The number of amides is 2. The molecule has 0 saturated carbocycles. The van der Waals surface area contributed by atoms with Gasteiger partial charge in [0.25, 0.3) is 0 Å². The zero-order chi connectivity index (χ0) is 13.8. The highest BCUT2D eigenvalue weighted by Crippen LogP contribution is 2.17. The molecule has 2 aromatic rings. The number of aromatic nitrogens is 3. The van der Waals surface area contributed by atoms with Crippen LogP contribution in [0.25, 0.3) is 0 Å². The number of anilines is 2. The average Bonchev–Trinajstić information content (AvgIpc) is 2.81. The summed E-state index contributed by atoms with van der Waals surface area (Å²) in [6.45, 7) is 4.56. The van der Waals surface area contributed by atoms with Gasteiger partial charge >= 0.3 is 6.03 Å². The molecule has 2 amide bonds. The first-order valence-corrected chi connectivity index (χ1v) is 6.20. The lowest BCUT2D eigenvalue weighted by Gasteiger charge is -2.08. The molecule has 7 heteroatoms. The van der Waals surface area contributed by atoms with E-state index in [1.54, 1.807) is 29.2 Å². The number of pyridine rings is 1. The second-order valence-corrected chi connectivity index (χ2v) is 4.34. The van der Waals surface area contributed by atoms with E-state index in [4.69, 9.17) is 11.6 Å². The zero-order valence-electron chi connectivity index (χ0n) is 10.6. The maximum Gasteiger partial charge on any atom is 0.324 e.